The molecule has 1 unspecified atom stereocenters. The van der Waals surface area contributed by atoms with E-state index in [1.807, 2.05) is 0 Å². The number of nitrogens with one attached hydrogen (secondary N) is 1. The normalized spacial score (nSPS) is 25.3. The van der Waals surface area contributed by atoms with Gasteiger partial charge in [0.2, 0.25) is 5.91 Å². The third-order valence-electron chi connectivity index (χ3n) is 4.98. The van der Waals surface area contributed by atoms with Crippen LogP contribution in [-0.4, -0.2) is 53.6 Å². The maximum Gasteiger partial charge on any atom is 0.244 e. The average Bonchev–Trinajstić information content (AvgIpc) is 3.03. The van der Waals surface area contributed by atoms with Crippen molar-refractivity contribution in [3.8, 4) is 0 Å². The minimum atomic E-state index is -0.206. The quantitative estimate of drug-likeness (QED) is 0.777. The van der Waals surface area contributed by atoms with Crippen LogP contribution in [0.5, 0.6) is 0 Å². The summed E-state index contributed by atoms with van der Waals surface area (Å²) < 4.78 is 0. The largest absolute Gasteiger partial charge is 0.324 e. The molecule has 116 valence electrons. The summed E-state index contributed by atoms with van der Waals surface area (Å²) in [7, 11) is 0. The first-order chi connectivity index (χ1) is 9.66. The van der Waals surface area contributed by atoms with E-state index in [9.17, 15) is 4.79 Å². The molecule has 1 amide bonds. The highest BCUT2D eigenvalue weighted by Crippen LogP contribution is 2.36. The van der Waals surface area contributed by atoms with Crippen LogP contribution in [0.25, 0.3) is 0 Å². The van der Waals surface area contributed by atoms with Gasteiger partial charge in [0.1, 0.15) is 0 Å². The van der Waals surface area contributed by atoms with Crippen molar-refractivity contribution in [1.29, 1.82) is 0 Å². The van der Waals surface area contributed by atoms with Gasteiger partial charge in [0.25, 0.3) is 0 Å². The van der Waals surface area contributed by atoms with E-state index in [0.717, 1.165) is 45.4 Å². The Morgan fingerprint density at radius 2 is 1.95 bits per heavy atom. The molecule has 2 fully saturated rings. The fourth-order valence-corrected chi connectivity index (χ4v) is 3.79. The lowest BCUT2D eigenvalue weighted by Gasteiger charge is -2.27. The van der Waals surface area contributed by atoms with Gasteiger partial charge >= 0.3 is 0 Å². The molecule has 1 saturated carbocycles. The minimum Gasteiger partial charge on any atom is -0.324 e. The third kappa shape index (κ3) is 3.01. The summed E-state index contributed by atoms with van der Waals surface area (Å²) >= 11 is 0. The number of hydrogen-bond donors (Lipinski definition) is 1. The molecule has 1 heterocycles. The number of hydrogen-bond acceptors (Lipinski definition) is 3. The van der Waals surface area contributed by atoms with Crippen molar-refractivity contribution < 1.29 is 4.79 Å². The van der Waals surface area contributed by atoms with Crippen LogP contribution >= 0.6 is 0 Å². The second-order valence-electron chi connectivity index (χ2n) is 6.29. The van der Waals surface area contributed by atoms with Gasteiger partial charge in [0, 0.05) is 13.1 Å². The van der Waals surface area contributed by atoms with Crippen LogP contribution in [0.3, 0.4) is 0 Å². The molecule has 1 spiro atoms. The third-order valence-corrected chi connectivity index (χ3v) is 4.98. The predicted octanol–water partition coefficient (Wildman–Crippen LogP) is 2.20. The summed E-state index contributed by atoms with van der Waals surface area (Å²) in [6.07, 6.45) is 6.89. The Kier molecular flexibility index (Phi) is 5.44. The summed E-state index contributed by atoms with van der Waals surface area (Å²) in [5.41, 5.74) is -0.206. The van der Waals surface area contributed by atoms with Gasteiger partial charge in [-0.15, -0.1) is 0 Å². The first-order valence-electron chi connectivity index (χ1n) is 8.48. The molecule has 2 aliphatic rings. The maximum absolute atomic E-state index is 12.8. The van der Waals surface area contributed by atoms with E-state index in [1.54, 1.807) is 0 Å². The fraction of sp³-hybridized carbons (Fsp3) is 0.938. The van der Waals surface area contributed by atoms with Crippen molar-refractivity contribution in [2.24, 2.45) is 0 Å². The van der Waals surface area contributed by atoms with E-state index < -0.39 is 0 Å². The molecule has 0 radical (unpaired) electrons. The topological polar surface area (TPSA) is 35.6 Å². The van der Waals surface area contributed by atoms with Gasteiger partial charge in [-0.05, 0) is 38.8 Å². The number of amides is 1. The molecule has 0 bridgehead atoms. The van der Waals surface area contributed by atoms with Crippen LogP contribution in [-0.2, 0) is 4.79 Å². The molecule has 4 heteroatoms. The van der Waals surface area contributed by atoms with Crippen molar-refractivity contribution in [2.75, 3.05) is 26.2 Å². The highest BCUT2D eigenvalue weighted by atomic mass is 16.2. The van der Waals surface area contributed by atoms with Gasteiger partial charge in [0.05, 0.1) is 11.7 Å². The van der Waals surface area contributed by atoms with Crippen molar-refractivity contribution in [3.05, 3.63) is 0 Å². The minimum absolute atomic E-state index is 0.206. The van der Waals surface area contributed by atoms with Crippen molar-refractivity contribution in [3.63, 3.8) is 0 Å². The second-order valence-corrected chi connectivity index (χ2v) is 6.29. The molecule has 4 nitrogen and oxygen atoms in total. The Morgan fingerprint density at radius 3 is 2.50 bits per heavy atom. The summed E-state index contributed by atoms with van der Waals surface area (Å²) in [4.78, 5) is 17.4. The molecule has 2 rings (SSSR count). The van der Waals surface area contributed by atoms with Gasteiger partial charge in [-0.3, -0.25) is 10.1 Å². The van der Waals surface area contributed by atoms with Crippen LogP contribution in [0.2, 0.25) is 0 Å². The summed E-state index contributed by atoms with van der Waals surface area (Å²) in [5.74, 6) is 0.370. The van der Waals surface area contributed by atoms with E-state index in [1.165, 1.54) is 19.3 Å². The molecule has 0 aromatic heterocycles. The van der Waals surface area contributed by atoms with Crippen molar-refractivity contribution >= 4 is 5.91 Å². The highest BCUT2D eigenvalue weighted by molar-refractivity contribution is 5.89. The molecule has 1 N–H and O–H groups in total. The number of carbonyl (C=O) groups is 1. The lowest BCUT2D eigenvalue weighted by atomic mass is 9.98. The molecular formula is C16H31N3O. The first kappa shape index (κ1) is 15.8. The Morgan fingerprint density at radius 1 is 1.25 bits per heavy atom. The van der Waals surface area contributed by atoms with Gasteiger partial charge in [-0.25, -0.2) is 0 Å². The molecular weight excluding hydrogens is 250 g/mol. The average molecular weight is 281 g/mol. The highest BCUT2D eigenvalue weighted by Gasteiger charge is 2.51. The van der Waals surface area contributed by atoms with Crippen LogP contribution in [0.4, 0.5) is 0 Å². The molecule has 1 aliphatic carbocycles. The van der Waals surface area contributed by atoms with Gasteiger partial charge in [-0.1, -0.05) is 33.6 Å². The standard InChI is InChI=1S/C16H31N3O/c1-4-11-18(6-3)12-13-19-14(5-2)17-16(15(19)20)9-7-8-10-16/h14,17H,4-13H2,1-3H3. The lowest BCUT2D eigenvalue weighted by Crippen LogP contribution is -2.44. The predicted molar refractivity (Wildman–Crippen MR) is 82.5 cm³/mol. The first-order valence-corrected chi connectivity index (χ1v) is 8.48. The number of rotatable bonds is 7. The maximum atomic E-state index is 12.8. The summed E-state index contributed by atoms with van der Waals surface area (Å²) in [6, 6.07) is 0. The van der Waals surface area contributed by atoms with E-state index in [4.69, 9.17) is 0 Å². The van der Waals surface area contributed by atoms with Gasteiger partial charge in [0.15, 0.2) is 0 Å². The smallest absolute Gasteiger partial charge is 0.244 e. The molecule has 20 heavy (non-hydrogen) atoms. The molecule has 0 aromatic carbocycles. The van der Waals surface area contributed by atoms with Gasteiger partial charge in [-0.2, -0.15) is 0 Å². The van der Waals surface area contributed by atoms with Crippen LogP contribution in [0.15, 0.2) is 0 Å². The van der Waals surface area contributed by atoms with E-state index in [0.29, 0.717) is 5.91 Å². The van der Waals surface area contributed by atoms with Crippen LogP contribution < -0.4 is 5.32 Å². The fourth-order valence-electron chi connectivity index (χ4n) is 3.79. The molecule has 1 atom stereocenters. The van der Waals surface area contributed by atoms with Crippen LogP contribution in [0.1, 0.15) is 59.3 Å². The van der Waals surface area contributed by atoms with Gasteiger partial charge < -0.3 is 9.80 Å². The monoisotopic (exact) mass is 281 g/mol. The molecule has 1 saturated heterocycles. The molecule has 0 aromatic rings. The van der Waals surface area contributed by atoms with E-state index in [-0.39, 0.29) is 11.7 Å². The Bertz CT molecular complexity index is 326. The lowest BCUT2D eigenvalue weighted by molar-refractivity contribution is -0.133. The second kappa shape index (κ2) is 6.90. The Hall–Kier alpha value is -0.610. The van der Waals surface area contributed by atoms with Crippen molar-refractivity contribution in [2.45, 2.75) is 71.0 Å². The SMILES string of the molecule is CCCN(CC)CCN1C(=O)C2(CCCC2)NC1CC. The summed E-state index contributed by atoms with van der Waals surface area (Å²) in [6.45, 7) is 10.7. The Labute approximate surface area is 123 Å². The zero-order chi connectivity index (χ0) is 14.6. The number of carbonyl (C=O) groups excluding carboxylic acids is 1. The zero-order valence-electron chi connectivity index (χ0n) is 13.5. The summed E-state index contributed by atoms with van der Waals surface area (Å²) in [5, 5.41) is 3.65. The number of nitrogens with zero attached hydrogens (tertiary/aromatic N) is 2. The van der Waals surface area contributed by atoms with Crippen molar-refractivity contribution in [1.82, 2.24) is 15.1 Å². The van der Waals surface area contributed by atoms with E-state index >= 15 is 0 Å². The Balaban J connectivity index is 1.96. The van der Waals surface area contributed by atoms with E-state index in [2.05, 4.69) is 35.9 Å². The molecule has 1 aliphatic heterocycles. The van der Waals surface area contributed by atoms with Crippen LogP contribution in [0, 0.1) is 0 Å². The number of likely N-dealkylation sites (N-methyl/N-ethyl adjacent to an activating group) is 1. The zero-order valence-corrected chi connectivity index (χ0v) is 13.5.